The Labute approximate surface area is 313 Å². The third kappa shape index (κ3) is 80.7. The largest absolute Gasteiger partial charge is 0.481 e. The van der Waals surface area contributed by atoms with Crippen molar-refractivity contribution in [3.63, 3.8) is 0 Å². The summed E-state index contributed by atoms with van der Waals surface area (Å²) < 4.78 is 0. The summed E-state index contributed by atoms with van der Waals surface area (Å²) in [6.45, 7) is 8.80. The molecule has 0 amide bonds. The standard InChI is InChI=1S/4C10H20O2.ClH.H2O/c4*1-2-3-4-5-6-7-8-9-10(11)12;;/h4*2-9H2,1H3,(H,11,12);1H;1H2. The molecule has 0 unspecified atom stereocenters. The molecule has 6 N–H and O–H groups in total. The third-order valence-electron chi connectivity index (χ3n) is 7.98. The van der Waals surface area contributed by atoms with Gasteiger partial charge >= 0.3 is 23.9 Å². The van der Waals surface area contributed by atoms with E-state index >= 15 is 0 Å². The zero-order chi connectivity index (χ0) is 36.9. The normalized spacial score (nSPS) is 9.68. The van der Waals surface area contributed by atoms with Gasteiger partial charge in [0.25, 0.3) is 0 Å². The van der Waals surface area contributed by atoms with Gasteiger partial charge in [-0.1, -0.05) is 182 Å². The van der Waals surface area contributed by atoms with E-state index in [9.17, 15) is 19.2 Å². The highest BCUT2D eigenvalue weighted by molar-refractivity contribution is 5.85. The molecule has 0 aromatic rings. The van der Waals surface area contributed by atoms with Gasteiger partial charge in [0.15, 0.2) is 0 Å². The molecule has 304 valence electrons. The molecule has 0 aliphatic carbocycles. The molecule has 0 aromatic carbocycles. The minimum absolute atomic E-state index is 0. The Hall–Kier alpha value is -1.87. The van der Waals surface area contributed by atoms with Gasteiger partial charge in [-0.15, -0.1) is 12.4 Å². The second-order valence-electron chi connectivity index (χ2n) is 13.1. The van der Waals surface area contributed by atoms with E-state index in [1.165, 1.54) is 128 Å². The first-order valence-corrected chi connectivity index (χ1v) is 20.0. The van der Waals surface area contributed by atoms with Crippen molar-refractivity contribution in [3.05, 3.63) is 0 Å². The zero-order valence-corrected chi connectivity index (χ0v) is 33.8. The summed E-state index contributed by atoms with van der Waals surface area (Å²) in [6, 6.07) is 0. The van der Waals surface area contributed by atoms with Gasteiger partial charge in [0.05, 0.1) is 0 Å². The second-order valence-corrected chi connectivity index (χ2v) is 13.1. The maximum atomic E-state index is 10.1. The highest BCUT2D eigenvalue weighted by atomic mass is 35.5. The first kappa shape index (κ1) is 60.2. The molecular weight excluding hydrogens is 660 g/mol. The molecule has 0 saturated carbocycles. The molecule has 0 radical (unpaired) electrons. The first-order chi connectivity index (χ1) is 23.1. The van der Waals surface area contributed by atoms with E-state index in [0.717, 1.165) is 51.4 Å². The molecule has 0 aliphatic heterocycles. The van der Waals surface area contributed by atoms with Crippen molar-refractivity contribution < 1.29 is 45.1 Å². The predicted octanol–water partition coefficient (Wildman–Crippen LogP) is 12.4. The van der Waals surface area contributed by atoms with Crippen molar-refractivity contribution in [1.82, 2.24) is 0 Å². The lowest BCUT2D eigenvalue weighted by molar-refractivity contribution is -0.138. The van der Waals surface area contributed by atoms with Crippen LogP contribution in [0, 0.1) is 0 Å². The molecule has 0 saturated heterocycles. The maximum Gasteiger partial charge on any atom is 0.303 e. The topological polar surface area (TPSA) is 181 Å². The van der Waals surface area contributed by atoms with Crippen LogP contribution in [0.3, 0.4) is 0 Å². The Morgan fingerprint density at radius 1 is 0.280 bits per heavy atom. The van der Waals surface area contributed by atoms with Gasteiger partial charge in [-0.2, -0.15) is 0 Å². The van der Waals surface area contributed by atoms with Crippen LogP contribution >= 0.6 is 12.4 Å². The maximum absolute atomic E-state index is 10.1. The summed E-state index contributed by atoms with van der Waals surface area (Å²) in [6.07, 6.45) is 34.6. The fourth-order valence-electron chi connectivity index (χ4n) is 4.93. The highest BCUT2D eigenvalue weighted by Crippen LogP contribution is 2.10. The lowest BCUT2D eigenvalue weighted by Crippen LogP contribution is -1.93. The Kier molecular flexibility index (Phi) is 68.1. The average Bonchev–Trinajstić information content (AvgIpc) is 3.03. The number of carboxylic acids is 4. The van der Waals surface area contributed by atoms with E-state index in [2.05, 4.69) is 27.7 Å². The summed E-state index contributed by atoms with van der Waals surface area (Å²) in [5, 5.41) is 33.4. The number of hydrogen-bond acceptors (Lipinski definition) is 4. The van der Waals surface area contributed by atoms with Crippen LogP contribution in [0.5, 0.6) is 0 Å². The minimum Gasteiger partial charge on any atom is -0.481 e. The molecule has 50 heavy (non-hydrogen) atoms. The summed E-state index contributed by atoms with van der Waals surface area (Å²) in [5.74, 6) is -2.65. The van der Waals surface area contributed by atoms with Crippen LogP contribution in [0.4, 0.5) is 0 Å². The van der Waals surface area contributed by atoms with Crippen LogP contribution in [-0.4, -0.2) is 49.8 Å². The van der Waals surface area contributed by atoms with Gasteiger partial charge in [-0.25, -0.2) is 0 Å². The van der Waals surface area contributed by atoms with E-state index in [0.29, 0.717) is 25.7 Å². The lowest BCUT2D eigenvalue weighted by Gasteiger charge is -1.98. The van der Waals surface area contributed by atoms with Gasteiger partial charge < -0.3 is 25.9 Å². The Balaban J connectivity index is -0.000000127. The van der Waals surface area contributed by atoms with Crippen LogP contribution < -0.4 is 0 Å². The van der Waals surface area contributed by atoms with Crippen molar-refractivity contribution in [3.8, 4) is 0 Å². The molecular formula is C40H83ClO9. The van der Waals surface area contributed by atoms with Crippen LogP contribution in [0.2, 0.25) is 0 Å². The molecule has 0 aliphatic rings. The lowest BCUT2D eigenvalue weighted by atomic mass is 10.1. The average molecular weight is 744 g/mol. The van der Waals surface area contributed by atoms with Crippen molar-refractivity contribution in [2.24, 2.45) is 0 Å². The van der Waals surface area contributed by atoms with Gasteiger partial charge in [0.2, 0.25) is 0 Å². The van der Waals surface area contributed by atoms with Crippen molar-refractivity contribution in [2.45, 2.75) is 233 Å². The summed E-state index contributed by atoms with van der Waals surface area (Å²) in [7, 11) is 0. The molecule has 0 fully saturated rings. The van der Waals surface area contributed by atoms with Crippen molar-refractivity contribution in [2.75, 3.05) is 0 Å². The zero-order valence-electron chi connectivity index (χ0n) is 33.0. The van der Waals surface area contributed by atoms with Gasteiger partial charge in [0.1, 0.15) is 0 Å². The molecule has 0 rings (SSSR count). The molecule has 0 spiro atoms. The fraction of sp³-hybridized carbons (Fsp3) is 0.900. The van der Waals surface area contributed by atoms with E-state index in [1.54, 1.807) is 0 Å². The summed E-state index contributed by atoms with van der Waals surface area (Å²) in [5.41, 5.74) is 0. The molecule has 0 atom stereocenters. The van der Waals surface area contributed by atoms with Crippen molar-refractivity contribution >= 4 is 36.3 Å². The molecule has 10 heteroatoms. The first-order valence-electron chi connectivity index (χ1n) is 20.0. The number of aliphatic carboxylic acids is 4. The number of hydrogen-bond donors (Lipinski definition) is 4. The van der Waals surface area contributed by atoms with E-state index < -0.39 is 23.9 Å². The molecule has 0 aromatic heterocycles. The molecule has 9 nitrogen and oxygen atoms in total. The van der Waals surface area contributed by atoms with E-state index in [1.807, 2.05) is 0 Å². The number of rotatable bonds is 32. The van der Waals surface area contributed by atoms with Crippen LogP contribution in [0.1, 0.15) is 233 Å². The SMILES string of the molecule is CCCCCCCCCC(=O)O.CCCCCCCCCC(=O)O.CCCCCCCCCC(=O)O.CCCCCCCCCC(=O)O.Cl.O. The van der Waals surface area contributed by atoms with E-state index in [-0.39, 0.29) is 17.9 Å². The van der Waals surface area contributed by atoms with E-state index in [4.69, 9.17) is 20.4 Å². The smallest absolute Gasteiger partial charge is 0.303 e. The Morgan fingerprint density at radius 3 is 0.520 bits per heavy atom. The fourth-order valence-corrected chi connectivity index (χ4v) is 4.93. The van der Waals surface area contributed by atoms with Crippen LogP contribution in [0.15, 0.2) is 0 Å². The number of halogens is 1. The Morgan fingerprint density at radius 2 is 0.400 bits per heavy atom. The molecule has 0 bridgehead atoms. The number of carbonyl (C=O) groups is 4. The van der Waals surface area contributed by atoms with Gasteiger partial charge in [-0.3, -0.25) is 19.2 Å². The van der Waals surface area contributed by atoms with Crippen LogP contribution in [0.25, 0.3) is 0 Å². The Bertz CT molecular complexity index is 563. The summed E-state index contributed by atoms with van der Waals surface area (Å²) >= 11 is 0. The van der Waals surface area contributed by atoms with Crippen molar-refractivity contribution in [1.29, 1.82) is 0 Å². The monoisotopic (exact) mass is 743 g/mol. The van der Waals surface area contributed by atoms with Crippen LogP contribution in [-0.2, 0) is 19.2 Å². The number of carboxylic acid groups (broad SMARTS) is 4. The predicted molar refractivity (Wildman–Crippen MR) is 212 cm³/mol. The quantitative estimate of drug-likeness (QED) is 0.0491. The highest BCUT2D eigenvalue weighted by Gasteiger charge is 1.98. The van der Waals surface area contributed by atoms with Gasteiger partial charge in [-0.05, 0) is 25.7 Å². The molecule has 0 heterocycles. The second kappa shape index (κ2) is 56.5. The number of unbranched alkanes of at least 4 members (excludes halogenated alkanes) is 24. The minimum atomic E-state index is -0.663. The van der Waals surface area contributed by atoms with Gasteiger partial charge in [0, 0.05) is 25.7 Å². The third-order valence-corrected chi connectivity index (χ3v) is 7.98. The summed E-state index contributed by atoms with van der Waals surface area (Å²) in [4.78, 5) is 40.5.